The van der Waals surface area contributed by atoms with Gasteiger partial charge in [-0.15, -0.1) is 0 Å². The van der Waals surface area contributed by atoms with Crippen LogP contribution in [-0.4, -0.2) is 18.0 Å². The van der Waals surface area contributed by atoms with Crippen molar-refractivity contribution in [1.82, 2.24) is 0 Å². The number of unbranched alkanes of at least 4 members (excludes halogenated alkanes) is 10. The maximum absolute atomic E-state index is 10.6. The monoisotopic (exact) mass is 268 g/mol. The lowest BCUT2D eigenvalue weighted by molar-refractivity contribution is -0.108. The average Bonchev–Trinajstić information content (AvgIpc) is 3.07. The highest BCUT2D eigenvalue weighted by Gasteiger charge is 2.51. The van der Waals surface area contributed by atoms with Crippen molar-refractivity contribution in [1.29, 1.82) is 0 Å². The Labute approximate surface area is 119 Å². The van der Waals surface area contributed by atoms with Crippen LogP contribution < -0.4 is 0 Å². The van der Waals surface area contributed by atoms with Crippen LogP contribution in [0.3, 0.4) is 0 Å². The molecule has 1 fully saturated rings. The first-order chi connectivity index (χ1) is 9.23. The van der Waals surface area contributed by atoms with E-state index in [1.165, 1.54) is 70.6 Å². The number of rotatable bonds is 13. The van der Waals surface area contributed by atoms with E-state index in [0.29, 0.717) is 0 Å². The first kappa shape index (κ1) is 16.7. The molecule has 0 radical (unpaired) electrons. The SMILES string of the molecule is CCCCCCCCCCCCC[C@]1(C)O[C@H]1C=O. The molecule has 0 aromatic heterocycles. The molecule has 0 amide bonds. The van der Waals surface area contributed by atoms with Gasteiger partial charge in [-0.1, -0.05) is 77.6 Å². The van der Waals surface area contributed by atoms with Gasteiger partial charge in [-0.3, -0.25) is 0 Å². The van der Waals surface area contributed by atoms with Crippen LogP contribution in [0.1, 0.15) is 90.9 Å². The molecule has 0 saturated carbocycles. The van der Waals surface area contributed by atoms with Gasteiger partial charge in [0.25, 0.3) is 0 Å². The van der Waals surface area contributed by atoms with E-state index in [4.69, 9.17) is 4.74 Å². The van der Waals surface area contributed by atoms with Crippen molar-refractivity contribution >= 4 is 6.29 Å². The van der Waals surface area contributed by atoms with E-state index in [-0.39, 0.29) is 11.7 Å². The van der Waals surface area contributed by atoms with Gasteiger partial charge in [-0.25, -0.2) is 0 Å². The maximum atomic E-state index is 10.6. The second-order valence-corrected chi connectivity index (χ2v) is 6.27. The smallest absolute Gasteiger partial charge is 0.151 e. The van der Waals surface area contributed by atoms with Gasteiger partial charge < -0.3 is 9.53 Å². The van der Waals surface area contributed by atoms with Crippen LogP contribution in [0.15, 0.2) is 0 Å². The van der Waals surface area contributed by atoms with E-state index in [9.17, 15) is 4.79 Å². The van der Waals surface area contributed by atoms with Crippen molar-refractivity contribution in [2.45, 2.75) is 103 Å². The van der Waals surface area contributed by atoms with Crippen LogP contribution in [0.2, 0.25) is 0 Å². The molecule has 1 aliphatic rings. The molecular weight excluding hydrogens is 236 g/mol. The van der Waals surface area contributed by atoms with Crippen LogP contribution in [-0.2, 0) is 9.53 Å². The molecule has 0 unspecified atom stereocenters. The van der Waals surface area contributed by atoms with Gasteiger partial charge >= 0.3 is 0 Å². The van der Waals surface area contributed by atoms with Crippen molar-refractivity contribution in [3.8, 4) is 0 Å². The fraction of sp³-hybridized carbons (Fsp3) is 0.941. The van der Waals surface area contributed by atoms with Gasteiger partial charge in [0.15, 0.2) is 6.29 Å². The zero-order valence-corrected chi connectivity index (χ0v) is 13.0. The zero-order valence-electron chi connectivity index (χ0n) is 13.0. The van der Waals surface area contributed by atoms with E-state index < -0.39 is 0 Å². The molecule has 1 rings (SSSR count). The second-order valence-electron chi connectivity index (χ2n) is 6.27. The third kappa shape index (κ3) is 7.10. The normalized spacial score (nSPS) is 25.5. The van der Waals surface area contributed by atoms with Crippen LogP contribution >= 0.6 is 0 Å². The van der Waals surface area contributed by atoms with Crippen LogP contribution in [0.4, 0.5) is 0 Å². The lowest BCUT2D eigenvalue weighted by Crippen LogP contribution is -2.10. The Kier molecular flexibility index (Phi) is 8.36. The topological polar surface area (TPSA) is 29.6 Å². The minimum Gasteiger partial charge on any atom is -0.358 e. The number of epoxide rings is 1. The predicted octanol–water partition coefficient (Wildman–Crippen LogP) is 5.04. The van der Waals surface area contributed by atoms with Crippen molar-refractivity contribution in [2.24, 2.45) is 0 Å². The molecule has 0 bridgehead atoms. The van der Waals surface area contributed by atoms with E-state index in [1.807, 2.05) is 0 Å². The minimum atomic E-state index is -0.115. The molecule has 0 N–H and O–H groups in total. The van der Waals surface area contributed by atoms with E-state index >= 15 is 0 Å². The summed E-state index contributed by atoms with van der Waals surface area (Å²) in [5.41, 5.74) is -0.110. The predicted molar refractivity (Wildman–Crippen MR) is 80.4 cm³/mol. The fourth-order valence-electron chi connectivity index (χ4n) is 2.77. The Morgan fingerprint density at radius 3 is 1.79 bits per heavy atom. The number of carbonyl (C=O) groups is 1. The summed E-state index contributed by atoms with van der Waals surface area (Å²) in [5, 5.41) is 0. The molecule has 0 aromatic carbocycles. The molecule has 19 heavy (non-hydrogen) atoms. The molecular formula is C17H32O2. The van der Waals surface area contributed by atoms with E-state index in [0.717, 1.165) is 12.7 Å². The molecule has 0 aliphatic carbocycles. The summed E-state index contributed by atoms with van der Waals surface area (Å²) >= 11 is 0. The van der Waals surface area contributed by atoms with Gasteiger partial charge in [-0.05, 0) is 13.3 Å². The second kappa shape index (κ2) is 9.52. The maximum Gasteiger partial charge on any atom is 0.151 e. The first-order valence-corrected chi connectivity index (χ1v) is 8.36. The highest BCUT2D eigenvalue weighted by Crippen LogP contribution is 2.39. The van der Waals surface area contributed by atoms with Gasteiger partial charge in [-0.2, -0.15) is 0 Å². The van der Waals surface area contributed by atoms with Crippen molar-refractivity contribution in [2.75, 3.05) is 0 Å². The quantitative estimate of drug-likeness (QED) is 0.266. The van der Waals surface area contributed by atoms with Crippen LogP contribution in [0, 0.1) is 0 Å². The largest absolute Gasteiger partial charge is 0.358 e. The Morgan fingerprint density at radius 2 is 1.37 bits per heavy atom. The molecule has 1 aliphatic heterocycles. The van der Waals surface area contributed by atoms with Gasteiger partial charge in [0.05, 0.1) is 5.60 Å². The molecule has 1 saturated heterocycles. The molecule has 2 nitrogen and oxygen atoms in total. The lowest BCUT2D eigenvalue weighted by Gasteiger charge is -2.05. The average molecular weight is 268 g/mol. The fourth-order valence-corrected chi connectivity index (χ4v) is 2.77. The number of ether oxygens (including phenoxy) is 1. The van der Waals surface area contributed by atoms with Crippen molar-refractivity contribution in [3.63, 3.8) is 0 Å². The highest BCUT2D eigenvalue weighted by molar-refractivity contribution is 5.62. The van der Waals surface area contributed by atoms with Gasteiger partial charge in [0, 0.05) is 0 Å². The number of hydrogen-bond donors (Lipinski definition) is 0. The minimum absolute atomic E-state index is 0.110. The number of hydrogen-bond acceptors (Lipinski definition) is 2. The highest BCUT2D eigenvalue weighted by atomic mass is 16.6. The number of carbonyl (C=O) groups excluding carboxylic acids is 1. The molecule has 1 heterocycles. The summed E-state index contributed by atoms with van der Waals surface area (Å²) in [7, 11) is 0. The first-order valence-electron chi connectivity index (χ1n) is 8.36. The lowest BCUT2D eigenvalue weighted by atomic mass is 9.99. The third-order valence-electron chi connectivity index (χ3n) is 4.34. The van der Waals surface area contributed by atoms with Gasteiger partial charge in [0.2, 0.25) is 0 Å². The Balaban J connectivity index is 1.76. The summed E-state index contributed by atoms with van der Waals surface area (Å²) in [4.78, 5) is 10.6. The standard InChI is InChI=1S/C17H32O2/c1-3-4-5-6-7-8-9-10-11-12-13-14-17(2)16(15-18)19-17/h15-16H,3-14H2,1-2H3/t16-,17-/m0/s1. The molecule has 0 spiro atoms. The Hall–Kier alpha value is -0.370. The zero-order chi connectivity index (χ0) is 14.0. The molecule has 112 valence electrons. The van der Waals surface area contributed by atoms with Crippen molar-refractivity contribution in [3.05, 3.63) is 0 Å². The summed E-state index contributed by atoms with van der Waals surface area (Å²) in [5.74, 6) is 0. The van der Waals surface area contributed by atoms with Gasteiger partial charge in [0.1, 0.15) is 6.10 Å². The molecule has 0 aromatic rings. The third-order valence-corrected chi connectivity index (χ3v) is 4.34. The van der Waals surface area contributed by atoms with E-state index in [2.05, 4.69) is 13.8 Å². The Bertz CT molecular complexity index is 239. The van der Waals surface area contributed by atoms with Crippen molar-refractivity contribution < 1.29 is 9.53 Å². The summed E-state index contributed by atoms with van der Waals surface area (Å²) in [6.07, 6.45) is 16.9. The Morgan fingerprint density at radius 1 is 0.895 bits per heavy atom. The summed E-state index contributed by atoms with van der Waals surface area (Å²) < 4.78 is 5.38. The molecule has 2 heteroatoms. The molecule has 2 atom stereocenters. The summed E-state index contributed by atoms with van der Waals surface area (Å²) in [6.45, 7) is 4.33. The van der Waals surface area contributed by atoms with E-state index in [1.54, 1.807) is 0 Å². The van der Waals surface area contributed by atoms with Crippen LogP contribution in [0.5, 0.6) is 0 Å². The number of aldehydes is 1. The van der Waals surface area contributed by atoms with Crippen LogP contribution in [0.25, 0.3) is 0 Å². The summed E-state index contributed by atoms with van der Waals surface area (Å²) in [6, 6.07) is 0.